The van der Waals surface area contributed by atoms with Crippen molar-refractivity contribution in [2.45, 2.75) is 31.8 Å². The number of pyridine rings is 1. The number of nitrogens with zero attached hydrogens (tertiary/aromatic N) is 3. The average Bonchev–Trinajstić information content (AvgIpc) is 3.03. The smallest absolute Gasteiger partial charge is 0.258 e. The highest BCUT2D eigenvalue weighted by Crippen LogP contribution is 2.22. The van der Waals surface area contributed by atoms with Crippen LogP contribution in [0.25, 0.3) is 5.65 Å². The van der Waals surface area contributed by atoms with Gasteiger partial charge in [-0.05, 0) is 43.5 Å². The van der Waals surface area contributed by atoms with Crippen molar-refractivity contribution in [1.29, 1.82) is 0 Å². The molecule has 3 aromatic rings. The lowest BCUT2D eigenvalue weighted by molar-refractivity contribution is 0.241. The second-order valence-electron chi connectivity index (χ2n) is 6.47. The summed E-state index contributed by atoms with van der Waals surface area (Å²) in [6.07, 6.45) is 5.25. The largest absolute Gasteiger partial charge is 0.294 e. The van der Waals surface area contributed by atoms with Crippen LogP contribution < -0.4 is 5.56 Å². The van der Waals surface area contributed by atoms with Gasteiger partial charge in [-0.3, -0.25) is 14.1 Å². The third-order valence-corrected chi connectivity index (χ3v) is 4.80. The molecule has 1 aliphatic rings. The first kappa shape index (κ1) is 15.1. The van der Waals surface area contributed by atoms with Gasteiger partial charge in [-0.2, -0.15) is 0 Å². The van der Waals surface area contributed by atoms with Crippen LogP contribution in [-0.2, 0) is 13.0 Å². The summed E-state index contributed by atoms with van der Waals surface area (Å²) in [6, 6.07) is 18.5. The SMILES string of the molecule is O=c1cc(CN2CCC[C@H]2Cc2ccccc2)nc2ccccn12. The van der Waals surface area contributed by atoms with Gasteiger partial charge in [-0.15, -0.1) is 0 Å². The number of hydrogen-bond donors (Lipinski definition) is 0. The van der Waals surface area contributed by atoms with Gasteiger partial charge in [0.2, 0.25) is 0 Å². The molecule has 1 saturated heterocycles. The minimum absolute atomic E-state index is 0.00518. The number of rotatable bonds is 4. The first-order valence-electron chi connectivity index (χ1n) is 8.55. The molecule has 4 nitrogen and oxygen atoms in total. The van der Waals surface area contributed by atoms with Crippen LogP contribution in [0.5, 0.6) is 0 Å². The second kappa shape index (κ2) is 6.57. The van der Waals surface area contributed by atoms with E-state index < -0.39 is 0 Å². The Hall–Kier alpha value is -2.46. The highest BCUT2D eigenvalue weighted by molar-refractivity contribution is 5.38. The van der Waals surface area contributed by atoms with E-state index in [1.807, 2.05) is 18.2 Å². The molecule has 0 bridgehead atoms. The third-order valence-electron chi connectivity index (χ3n) is 4.80. The molecule has 1 aromatic carbocycles. The number of aromatic nitrogens is 2. The minimum Gasteiger partial charge on any atom is -0.294 e. The monoisotopic (exact) mass is 319 g/mol. The molecule has 1 aliphatic heterocycles. The van der Waals surface area contributed by atoms with Crippen molar-refractivity contribution in [1.82, 2.24) is 14.3 Å². The van der Waals surface area contributed by atoms with Crippen LogP contribution in [0.1, 0.15) is 24.1 Å². The maximum absolute atomic E-state index is 12.3. The molecule has 24 heavy (non-hydrogen) atoms. The molecule has 0 aliphatic carbocycles. The normalized spacial score (nSPS) is 18.2. The summed E-state index contributed by atoms with van der Waals surface area (Å²) in [5.74, 6) is 0. The zero-order chi connectivity index (χ0) is 16.4. The Labute approximate surface area is 141 Å². The predicted molar refractivity (Wildman–Crippen MR) is 95.0 cm³/mol. The fraction of sp³-hybridized carbons (Fsp3) is 0.300. The van der Waals surface area contributed by atoms with E-state index in [2.05, 4.69) is 40.2 Å². The molecule has 0 radical (unpaired) electrons. The van der Waals surface area contributed by atoms with Crippen molar-refractivity contribution < 1.29 is 0 Å². The molecule has 2 aromatic heterocycles. The van der Waals surface area contributed by atoms with Crippen LogP contribution in [-0.4, -0.2) is 26.9 Å². The number of hydrogen-bond acceptors (Lipinski definition) is 3. The molecule has 3 heterocycles. The van der Waals surface area contributed by atoms with E-state index in [1.165, 1.54) is 18.4 Å². The maximum Gasteiger partial charge on any atom is 0.258 e. The fourth-order valence-corrected chi connectivity index (χ4v) is 3.61. The van der Waals surface area contributed by atoms with Crippen LogP contribution in [0.2, 0.25) is 0 Å². The summed E-state index contributed by atoms with van der Waals surface area (Å²) in [5.41, 5.74) is 2.96. The van der Waals surface area contributed by atoms with Crippen molar-refractivity contribution in [3.63, 3.8) is 0 Å². The number of fused-ring (bicyclic) bond motifs is 1. The lowest BCUT2D eigenvalue weighted by atomic mass is 10.0. The Bertz CT molecular complexity index is 888. The molecule has 0 saturated carbocycles. The Morgan fingerprint density at radius 2 is 1.92 bits per heavy atom. The summed E-state index contributed by atoms with van der Waals surface area (Å²) < 4.78 is 1.59. The topological polar surface area (TPSA) is 37.6 Å². The summed E-state index contributed by atoms with van der Waals surface area (Å²) in [6.45, 7) is 1.82. The van der Waals surface area contributed by atoms with Crippen LogP contribution in [0, 0.1) is 0 Å². The Morgan fingerprint density at radius 1 is 1.08 bits per heavy atom. The van der Waals surface area contributed by atoms with Crippen molar-refractivity contribution >= 4 is 5.65 Å². The van der Waals surface area contributed by atoms with Gasteiger partial charge < -0.3 is 0 Å². The molecule has 4 heteroatoms. The molecule has 0 N–H and O–H groups in total. The first-order chi connectivity index (χ1) is 11.8. The predicted octanol–water partition coefficient (Wildman–Crippen LogP) is 2.90. The quantitative estimate of drug-likeness (QED) is 0.742. The molecule has 4 rings (SSSR count). The summed E-state index contributed by atoms with van der Waals surface area (Å²) >= 11 is 0. The van der Waals surface area contributed by atoms with Crippen molar-refractivity contribution in [3.8, 4) is 0 Å². The minimum atomic E-state index is -0.00518. The van der Waals surface area contributed by atoms with Gasteiger partial charge in [0, 0.05) is 24.8 Å². The Morgan fingerprint density at radius 3 is 2.79 bits per heavy atom. The summed E-state index contributed by atoms with van der Waals surface area (Å²) in [5, 5.41) is 0. The number of likely N-dealkylation sites (tertiary alicyclic amines) is 1. The molecular weight excluding hydrogens is 298 g/mol. The van der Waals surface area contributed by atoms with E-state index in [0.29, 0.717) is 6.04 Å². The van der Waals surface area contributed by atoms with Gasteiger partial charge in [-0.1, -0.05) is 36.4 Å². The van der Waals surface area contributed by atoms with E-state index in [-0.39, 0.29) is 5.56 Å². The van der Waals surface area contributed by atoms with Gasteiger partial charge in [0.05, 0.1) is 5.69 Å². The van der Waals surface area contributed by atoms with Gasteiger partial charge in [0.15, 0.2) is 0 Å². The van der Waals surface area contributed by atoms with E-state index in [1.54, 1.807) is 16.7 Å². The highest BCUT2D eigenvalue weighted by Gasteiger charge is 2.25. The van der Waals surface area contributed by atoms with Crippen LogP contribution >= 0.6 is 0 Å². The van der Waals surface area contributed by atoms with Gasteiger partial charge >= 0.3 is 0 Å². The molecule has 0 unspecified atom stereocenters. The standard InChI is InChI=1S/C20H21N3O/c24-20-14-17(21-19-10-4-5-12-23(19)20)15-22-11-6-9-18(22)13-16-7-2-1-3-8-16/h1-5,7-8,10,12,14,18H,6,9,11,13,15H2/t18-/m0/s1. The highest BCUT2D eigenvalue weighted by atomic mass is 16.1. The third kappa shape index (κ3) is 3.10. The molecule has 1 atom stereocenters. The zero-order valence-corrected chi connectivity index (χ0v) is 13.6. The number of benzene rings is 1. The molecular formula is C20H21N3O. The van der Waals surface area contributed by atoms with Gasteiger partial charge in [0.1, 0.15) is 5.65 Å². The van der Waals surface area contributed by atoms with E-state index in [9.17, 15) is 4.79 Å². The Balaban J connectivity index is 1.55. The maximum atomic E-state index is 12.3. The van der Waals surface area contributed by atoms with E-state index in [4.69, 9.17) is 0 Å². The molecule has 0 spiro atoms. The molecule has 122 valence electrons. The van der Waals surface area contributed by atoms with Crippen LogP contribution in [0.15, 0.2) is 65.6 Å². The average molecular weight is 319 g/mol. The van der Waals surface area contributed by atoms with Gasteiger partial charge in [-0.25, -0.2) is 4.98 Å². The van der Waals surface area contributed by atoms with Crippen molar-refractivity contribution in [2.24, 2.45) is 0 Å². The van der Waals surface area contributed by atoms with Crippen molar-refractivity contribution in [3.05, 3.63) is 82.4 Å². The lowest BCUT2D eigenvalue weighted by Gasteiger charge is -2.24. The Kier molecular flexibility index (Phi) is 4.13. The lowest BCUT2D eigenvalue weighted by Crippen LogP contribution is -2.31. The first-order valence-corrected chi connectivity index (χ1v) is 8.55. The van der Waals surface area contributed by atoms with Crippen LogP contribution in [0.4, 0.5) is 0 Å². The second-order valence-corrected chi connectivity index (χ2v) is 6.47. The molecule has 1 fully saturated rings. The zero-order valence-electron chi connectivity index (χ0n) is 13.6. The fourth-order valence-electron chi connectivity index (χ4n) is 3.61. The molecule has 0 amide bonds. The van der Waals surface area contributed by atoms with Crippen molar-refractivity contribution in [2.75, 3.05) is 6.54 Å². The summed E-state index contributed by atoms with van der Waals surface area (Å²) in [7, 11) is 0. The summed E-state index contributed by atoms with van der Waals surface area (Å²) in [4.78, 5) is 19.4. The van der Waals surface area contributed by atoms with E-state index >= 15 is 0 Å². The van der Waals surface area contributed by atoms with Gasteiger partial charge in [0.25, 0.3) is 5.56 Å². The van der Waals surface area contributed by atoms with E-state index in [0.717, 1.165) is 30.9 Å². The van der Waals surface area contributed by atoms with Crippen LogP contribution in [0.3, 0.4) is 0 Å².